The number of hydrogen-bond donors (Lipinski definition) is 1. The normalized spacial score (nSPS) is 27.1. The zero-order valence-electron chi connectivity index (χ0n) is 12.1. The summed E-state index contributed by atoms with van der Waals surface area (Å²) in [6.07, 6.45) is 9.63. The van der Waals surface area contributed by atoms with Crippen molar-refractivity contribution in [2.24, 2.45) is 0 Å². The van der Waals surface area contributed by atoms with E-state index in [-0.39, 0.29) is 0 Å². The molecule has 1 saturated carbocycles. The molecule has 2 heterocycles. The van der Waals surface area contributed by atoms with Gasteiger partial charge in [0, 0.05) is 18.8 Å². The van der Waals surface area contributed by atoms with Crippen molar-refractivity contribution in [1.29, 1.82) is 0 Å². The van der Waals surface area contributed by atoms with E-state index in [0.29, 0.717) is 12.6 Å². The molecule has 2 aliphatic rings. The van der Waals surface area contributed by atoms with Gasteiger partial charge in [-0.15, -0.1) is 0 Å². The fourth-order valence-electron chi connectivity index (χ4n) is 3.54. The molecule has 0 radical (unpaired) electrons. The Morgan fingerprint density at radius 1 is 1.55 bits per heavy atom. The summed E-state index contributed by atoms with van der Waals surface area (Å²) in [5.41, 5.74) is 0.504. The van der Waals surface area contributed by atoms with Gasteiger partial charge < -0.3 is 9.67 Å². The molecule has 1 aliphatic heterocycles. The number of carboxylic acids is 1. The largest absolute Gasteiger partial charge is 0.480 e. The number of hydrogen-bond acceptors (Lipinski definition) is 3. The third kappa shape index (κ3) is 2.24. The first-order chi connectivity index (χ1) is 9.67. The Morgan fingerprint density at radius 2 is 2.35 bits per heavy atom. The quantitative estimate of drug-likeness (QED) is 0.867. The van der Waals surface area contributed by atoms with Gasteiger partial charge in [0.25, 0.3) is 0 Å². The average Bonchev–Trinajstić information content (AvgIpc) is 3.02. The molecule has 1 aromatic heterocycles. The first kappa shape index (κ1) is 13.6. The SMILES string of the molecule is CCCC1(C(=O)O)CCCN1Cc1cncn1C1CC1. The first-order valence-electron chi connectivity index (χ1n) is 7.66. The smallest absolute Gasteiger partial charge is 0.324 e. The summed E-state index contributed by atoms with van der Waals surface area (Å²) in [7, 11) is 0. The van der Waals surface area contributed by atoms with Gasteiger partial charge in [0.05, 0.1) is 12.0 Å². The molecule has 0 aromatic carbocycles. The number of aliphatic carboxylic acids is 1. The zero-order valence-corrected chi connectivity index (χ0v) is 12.1. The predicted molar refractivity (Wildman–Crippen MR) is 75.4 cm³/mol. The molecule has 5 heteroatoms. The highest BCUT2D eigenvalue weighted by molar-refractivity contribution is 5.79. The van der Waals surface area contributed by atoms with Crippen molar-refractivity contribution in [2.45, 2.75) is 63.6 Å². The third-order valence-corrected chi connectivity index (χ3v) is 4.72. The molecular formula is C15H23N3O2. The van der Waals surface area contributed by atoms with Crippen LogP contribution in [0.1, 0.15) is 57.2 Å². The molecule has 1 aromatic rings. The second-order valence-corrected chi connectivity index (χ2v) is 6.14. The minimum absolute atomic E-state index is 0.598. The standard InChI is InChI=1S/C15H23N3O2/c1-2-6-15(14(19)20)7-3-8-17(15)10-13-9-16-11-18(13)12-4-5-12/h9,11-12H,2-8,10H2,1H3,(H,19,20). The van der Waals surface area contributed by atoms with Gasteiger partial charge >= 0.3 is 5.97 Å². The third-order valence-electron chi connectivity index (χ3n) is 4.72. The Kier molecular flexibility index (Phi) is 3.54. The minimum Gasteiger partial charge on any atom is -0.480 e. The molecule has 0 amide bonds. The number of carbonyl (C=O) groups is 1. The first-order valence-corrected chi connectivity index (χ1v) is 7.66. The molecule has 0 bridgehead atoms. The van der Waals surface area contributed by atoms with E-state index in [1.165, 1.54) is 12.8 Å². The molecule has 1 aliphatic carbocycles. The molecule has 1 unspecified atom stereocenters. The van der Waals surface area contributed by atoms with Gasteiger partial charge in [0.2, 0.25) is 0 Å². The molecule has 1 saturated heterocycles. The molecule has 1 N–H and O–H groups in total. The Labute approximate surface area is 119 Å². The van der Waals surface area contributed by atoms with Crippen LogP contribution in [0.3, 0.4) is 0 Å². The molecule has 3 rings (SSSR count). The summed E-state index contributed by atoms with van der Waals surface area (Å²) >= 11 is 0. The van der Waals surface area contributed by atoms with E-state index in [0.717, 1.165) is 37.9 Å². The fourth-order valence-corrected chi connectivity index (χ4v) is 3.54. The second kappa shape index (κ2) is 5.20. The van der Waals surface area contributed by atoms with Crippen molar-refractivity contribution in [2.75, 3.05) is 6.54 Å². The van der Waals surface area contributed by atoms with Crippen molar-refractivity contribution in [1.82, 2.24) is 14.5 Å². The van der Waals surface area contributed by atoms with Crippen molar-refractivity contribution < 1.29 is 9.90 Å². The van der Waals surface area contributed by atoms with Crippen molar-refractivity contribution in [3.63, 3.8) is 0 Å². The van der Waals surface area contributed by atoms with Gasteiger partial charge in [0.1, 0.15) is 5.54 Å². The summed E-state index contributed by atoms with van der Waals surface area (Å²) in [6.45, 7) is 3.65. The highest BCUT2D eigenvalue weighted by atomic mass is 16.4. The van der Waals surface area contributed by atoms with Crippen LogP contribution in [0.4, 0.5) is 0 Å². The number of likely N-dealkylation sites (tertiary alicyclic amines) is 1. The molecule has 1 atom stereocenters. The number of carboxylic acid groups (broad SMARTS) is 1. The van der Waals surface area contributed by atoms with Crippen LogP contribution in [-0.2, 0) is 11.3 Å². The van der Waals surface area contributed by atoms with Crippen LogP contribution in [0.5, 0.6) is 0 Å². The van der Waals surface area contributed by atoms with Crippen LogP contribution in [0.2, 0.25) is 0 Å². The molecular weight excluding hydrogens is 254 g/mol. The van der Waals surface area contributed by atoms with E-state index >= 15 is 0 Å². The van der Waals surface area contributed by atoms with Crippen LogP contribution < -0.4 is 0 Å². The molecule has 110 valence electrons. The lowest BCUT2D eigenvalue weighted by Crippen LogP contribution is -2.50. The van der Waals surface area contributed by atoms with Gasteiger partial charge in [-0.2, -0.15) is 0 Å². The Morgan fingerprint density at radius 3 is 3.00 bits per heavy atom. The summed E-state index contributed by atoms with van der Waals surface area (Å²) in [5.74, 6) is -0.658. The van der Waals surface area contributed by atoms with E-state index in [9.17, 15) is 9.90 Å². The van der Waals surface area contributed by atoms with Gasteiger partial charge in [0.15, 0.2) is 0 Å². The lowest BCUT2D eigenvalue weighted by molar-refractivity contribution is -0.150. The van der Waals surface area contributed by atoms with Crippen molar-refractivity contribution in [3.05, 3.63) is 18.2 Å². The van der Waals surface area contributed by atoms with Crippen LogP contribution in [0, 0.1) is 0 Å². The number of nitrogens with zero attached hydrogens (tertiary/aromatic N) is 3. The van der Waals surface area contributed by atoms with Crippen LogP contribution in [-0.4, -0.2) is 37.6 Å². The molecule has 2 fully saturated rings. The molecule has 20 heavy (non-hydrogen) atoms. The summed E-state index contributed by atoms with van der Waals surface area (Å²) in [4.78, 5) is 18.2. The van der Waals surface area contributed by atoms with Gasteiger partial charge in [-0.1, -0.05) is 13.3 Å². The van der Waals surface area contributed by atoms with Gasteiger partial charge in [-0.25, -0.2) is 4.98 Å². The Balaban J connectivity index is 1.81. The Bertz CT molecular complexity index is 495. The van der Waals surface area contributed by atoms with E-state index in [1.54, 1.807) is 0 Å². The summed E-state index contributed by atoms with van der Waals surface area (Å²) in [6, 6.07) is 0.598. The summed E-state index contributed by atoms with van der Waals surface area (Å²) < 4.78 is 2.23. The summed E-state index contributed by atoms with van der Waals surface area (Å²) in [5, 5.41) is 9.72. The maximum Gasteiger partial charge on any atom is 0.324 e. The molecule has 5 nitrogen and oxygen atoms in total. The zero-order chi connectivity index (χ0) is 14.2. The van der Waals surface area contributed by atoms with Gasteiger partial charge in [-0.3, -0.25) is 9.69 Å². The average molecular weight is 277 g/mol. The number of rotatable bonds is 6. The fraction of sp³-hybridized carbons (Fsp3) is 0.733. The minimum atomic E-state index is -0.659. The lowest BCUT2D eigenvalue weighted by Gasteiger charge is -2.34. The topological polar surface area (TPSA) is 58.4 Å². The second-order valence-electron chi connectivity index (χ2n) is 6.14. The maximum absolute atomic E-state index is 11.8. The van der Waals surface area contributed by atoms with Gasteiger partial charge in [-0.05, 0) is 38.6 Å². The number of aromatic nitrogens is 2. The highest BCUT2D eigenvalue weighted by Gasteiger charge is 2.47. The van der Waals surface area contributed by atoms with Crippen LogP contribution >= 0.6 is 0 Å². The maximum atomic E-state index is 11.8. The van der Waals surface area contributed by atoms with Crippen LogP contribution in [0.25, 0.3) is 0 Å². The van der Waals surface area contributed by atoms with Crippen molar-refractivity contribution in [3.8, 4) is 0 Å². The Hall–Kier alpha value is -1.36. The van der Waals surface area contributed by atoms with E-state index < -0.39 is 11.5 Å². The van der Waals surface area contributed by atoms with E-state index in [4.69, 9.17) is 0 Å². The van der Waals surface area contributed by atoms with Crippen LogP contribution in [0.15, 0.2) is 12.5 Å². The predicted octanol–water partition coefficient (Wildman–Crippen LogP) is 2.44. The lowest BCUT2D eigenvalue weighted by atomic mass is 9.90. The number of imidazole rings is 1. The van der Waals surface area contributed by atoms with Crippen molar-refractivity contribution >= 4 is 5.97 Å². The van der Waals surface area contributed by atoms with E-state index in [2.05, 4.69) is 21.4 Å². The molecule has 0 spiro atoms. The highest BCUT2D eigenvalue weighted by Crippen LogP contribution is 2.38. The van der Waals surface area contributed by atoms with E-state index in [1.807, 2.05) is 12.5 Å². The monoisotopic (exact) mass is 277 g/mol.